The molecule has 1 N–H and O–H groups in total. The van der Waals surface area contributed by atoms with E-state index in [0.29, 0.717) is 5.92 Å². The minimum absolute atomic E-state index is 0.699. The molecule has 0 amide bonds. The Balaban J connectivity index is 1.52. The number of aryl methyl sites for hydroxylation is 1. The van der Waals surface area contributed by atoms with E-state index in [9.17, 15) is 0 Å². The summed E-state index contributed by atoms with van der Waals surface area (Å²) in [6.45, 7) is 5.95. The molecular weight excluding hydrogens is 224 g/mol. The fourth-order valence-electron chi connectivity index (χ4n) is 3.03. The van der Waals surface area contributed by atoms with Crippen molar-refractivity contribution < 1.29 is 0 Å². The summed E-state index contributed by atoms with van der Waals surface area (Å²) in [5.41, 5.74) is 1.43. The zero-order chi connectivity index (χ0) is 12.4. The molecule has 18 heavy (non-hydrogen) atoms. The van der Waals surface area contributed by atoms with Gasteiger partial charge in [-0.2, -0.15) is 0 Å². The van der Waals surface area contributed by atoms with Crippen molar-refractivity contribution in [3.63, 3.8) is 0 Å². The molecule has 0 saturated carbocycles. The highest BCUT2D eigenvalue weighted by atomic mass is 15.1. The average molecular weight is 248 g/mol. The Morgan fingerprint density at radius 1 is 1.33 bits per heavy atom. The fourth-order valence-corrected chi connectivity index (χ4v) is 3.03. The molecule has 2 saturated heterocycles. The lowest BCUT2D eigenvalue weighted by molar-refractivity contribution is 0.207. The molecule has 0 radical (unpaired) electrons. The van der Waals surface area contributed by atoms with Gasteiger partial charge in [-0.3, -0.25) is 0 Å². The van der Waals surface area contributed by atoms with E-state index in [0.717, 1.165) is 25.6 Å². The van der Waals surface area contributed by atoms with Crippen molar-refractivity contribution in [2.45, 2.75) is 31.7 Å². The van der Waals surface area contributed by atoms with Crippen LogP contribution in [-0.4, -0.2) is 47.7 Å². The molecule has 4 nitrogen and oxygen atoms in total. The van der Waals surface area contributed by atoms with Crippen LogP contribution >= 0.6 is 0 Å². The summed E-state index contributed by atoms with van der Waals surface area (Å²) < 4.78 is 2.38. The van der Waals surface area contributed by atoms with Gasteiger partial charge < -0.3 is 14.8 Å². The molecular formula is C14H24N4. The van der Waals surface area contributed by atoms with Crippen LogP contribution in [0.2, 0.25) is 0 Å². The summed E-state index contributed by atoms with van der Waals surface area (Å²) in [6.07, 6.45) is 8.12. The van der Waals surface area contributed by atoms with Crippen LogP contribution in [0.4, 0.5) is 0 Å². The maximum atomic E-state index is 4.33. The van der Waals surface area contributed by atoms with Crippen molar-refractivity contribution in [2.24, 2.45) is 5.92 Å². The van der Waals surface area contributed by atoms with Gasteiger partial charge in [0.1, 0.15) is 0 Å². The number of likely N-dealkylation sites (tertiary alicyclic amines) is 1. The topological polar surface area (TPSA) is 33.1 Å². The fraction of sp³-hybridized carbons (Fsp3) is 0.786. The monoisotopic (exact) mass is 248 g/mol. The summed E-state index contributed by atoms with van der Waals surface area (Å²) >= 11 is 0. The lowest BCUT2D eigenvalue weighted by Gasteiger charge is -2.30. The first-order valence-electron chi connectivity index (χ1n) is 7.22. The van der Waals surface area contributed by atoms with E-state index >= 15 is 0 Å². The van der Waals surface area contributed by atoms with Crippen molar-refractivity contribution >= 4 is 0 Å². The van der Waals surface area contributed by atoms with E-state index in [-0.39, 0.29) is 0 Å². The van der Waals surface area contributed by atoms with Gasteiger partial charge >= 0.3 is 0 Å². The van der Waals surface area contributed by atoms with Crippen molar-refractivity contribution in [2.75, 3.05) is 33.2 Å². The first-order chi connectivity index (χ1) is 8.83. The van der Waals surface area contributed by atoms with Crippen molar-refractivity contribution in [1.29, 1.82) is 0 Å². The Bertz CT molecular complexity index is 375. The quantitative estimate of drug-likeness (QED) is 0.872. The van der Waals surface area contributed by atoms with E-state index in [1.807, 2.05) is 6.33 Å². The van der Waals surface area contributed by atoms with Gasteiger partial charge in [-0.25, -0.2) is 4.98 Å². The van der Waals surface area contributed by atoms with Gasteiger partial charge in [0, 0.05) is 37.4 Å². The van der Waals surface area contributed by atoms with E-state index in [1.165, 1.54) is 38.0 Å². The molecule has 1 aromatic heterocycles. The molecule has 2 aliphatic rings. The third kappa shape index (κ3) is 2.59. The molecule has 1 aromatic rings. The highest BCUT2D eigenvalue weighted by Gasteiger charge is 2.23. The van der Waals surface area contributed by atoms with E-state index in [4.69, 9.17) is 0 Å². The Hall–Kier alpha value is -0.870. The Morgan fingerprint density at radius 3 is 2.78 bits per heavy atom. The van der Waals surface area contributed by atoms with Gasteiger partial charge in [-0.05, 0) is 45.3 Å². The van der Waals surface area contributed by atoms with Crippen LogP contribution in [0, 0.1) is 5.92 Å². The van der Waals surface area contributed by atoms with Crippen molar-refractivity contribution in [3.8, 4) is 0 Å². The molecule has 0 spiro atoms. The summed E-state index contributed by atoms with van der Waals surface area (Å²) in [5, 5.41) is 3.34. The van der Waals surface area contributed by atoms with E-state index in [2.05, 4.69) is 33.0 Å². The molecule has 0 bridgehead atoms. The average Bonchev–Trinajstić information content (AvgIpc) is 2.74. The van der Waals surface area contributed by atoms with Crippen molar-refractivity contribution in [1.82, 2.24) is 19.8 Å². The smallest absolute Gasteiger partial charge is 0.0948 e. The normalized spacial score (nSPS) is 23.2. The Labute approximate surface area is 109 Å². The first kappa shape index (κ1) is 12.2. The van der Waals surface area contributed by atoms with Crippen LogP contribution in [0.5, 0.6) is 0 Å². The molecule has 0 atom stereocenters. The van der Waals surface area contributed by atoms with Gasteiger partial charge in [0.2, 0.25) is 0 Å². The molecule has 3 rings (SSSR count). The third-order valence-electron chi connectivity index (χ3n) is 4.56. The largest absolute Gasteiger partial charge is 0.334 e. The first-order valence-corrected chi connectivity index (χ1v) is 7.22. The maximum Gasteiger partial charge on any atom is 0.0948 e. The van der Waals surface area contributed by atoms with Crippen molar-refractivity contribution in [3.05, 3.63) is 18.2 Å². The second-order valence-corrected chi connectivity index (χ2v) is 5.90. The lowest BCUT2D eigenvalue weighted by atomic mass is 9.93. The second kappa shape index (κ2) is 5.41. The minimum Gasteiger partial charge on any atom is -0.334 e. The van der Waals surface area contributed by atoms with Crippen LogP contribution in [0.3, 0.4) is 0 Å². The highest BCUT2D eigenvalue weighted by Crippen LogP contribution is 2.23. The van der Waals surface area contributed by atoms with Crippen LogP contribution in [0.15, 0.2) is 12.5 Å². The third-order valence-corrected chi connectivity index (χ3v) is 4.56. The second-order valence-electron chi connectivity index (χ2n) is 5.90. The number of piperidine rings is 1. The van der Waals surface area contributed by atoms with Crippen LogP contribution in [0.25, 0.3) is 0 Å². The minimum atomic E-state index is 0.699. The van der Waals surface area contributed by atoms with Crippen LogP contribution in [0.1, 0.15) is 30.9 Å². The zero-order valence-electron chi connectivity index (χ0n) is 11.3. The maximum absolute atomic E-state index is 4.33. The van der Waals surface area contributed by atoms with Gasteiger partial charge in [0.15, 0.2) is 0 Å². The number of hydrogen-bond donors (Lipinski definition) is 1. The van der Waals surface area contributed by atoms with Crippen LogP contribution in [-0.2, 0) is 6.54 Å². The Morgan fingerprint density at radius 2 is 2.11 bits per heavy atom. The van der Waals surface area contributed by atoms with Gasteiger partial charge in [-0.15, -0.1) is 0 Å². The van der Waals surface area contributed by atoms with Gasteiger partial charge in [-0.1, -0.05) is 0 Å². The SMILES string of the molecule is CN1CCC(CCn2cncc2C2CNC2)CC1. The van der Waals surface area contributed by atoms with E-state index in [1.54, 1.807) is 0 Å². The van der Waals surface area contributed by atoms with Gasteiger partial charge in [0.05, 0.1) is 6.33 Å². The standard InChI is InChI=1S/C14H24N4/c1-17-5-2-12(3-6-17)4-7-18-11-16-10-14(18)13-8-15-9-13/h10-13,15H,2-9H2,1H3. The molecule has 3 heterocycles. The summed E-state index contributed by atoms with van der Waals surface area (Å²) in [4.78, 5) is 6.77. The number of aromatic nitrogens is 2. The number of hydrogen-bond acceptors (Lipinski definition) is 3. The molecule has 2 aliphatic heterocycles. The molecule has 2 fully saturated rings. The van der Waals surface area contributed by atoms with E-state index < -0.39 is 0 Å². The molecule has 0 aromatic carbocycles. The van der Waals surface area contributed by atoms with Gasteiger partial charge in [0.25, 0.3) is 0 Å². The van der Waals surface area contributed by atoms with Crippen LogP contribution < -0.4 is 5.32 Å². The number of rotatable bonds is 4. The summed E-state index contributed by atoms with van der Waals surface area (Å²) in [5.74, 6) is 1.61. The highest BCUT2D eigenvalue weighted by molar-refractivity contribution is 5.11. The summed E-state index contributed by atoms with van der Waals surface area (Å²) in [7, 11) is 2.23. The number of imidazole rings is 1. The molecule has 0 unspecified atom stereocenters. The predicted octanol–water partition coefficient (Wildman–Crippen LogP) is 1.30. The molecule has 0 aliphatic carbocycles. The number of nitrogens with zero attached hydrogens (tertiary/aromatic N) is 3. The zero-order valence-corrected chi connectivity index (χ0v) is 11.3. The molecule has 4 heteroatoms. The number of nitrogens with one attached hydrogen (secondary N) is 1. The summed E-state index contributed by atoms with van der Waals surface area (Å²) in [6, 6.07) is 0. The lowest BCUT2D eigenvalue weighted by Crippen LogP contribution is -2.41. The Kier molecular flexibility index (Phi) is 3.66. The predicted molar refractivity (Wildman–Crippen MR) is 72.7 cm³/mol. The molecule has 100 valence electrons.